The van der Waals surface area contributed by atoms with Gasteiger partial charge < -0.3 is 10.8 Å². The summed E-state index contributed by atoms with van der Waals surface area (Å²) in [6.07, 6.45) is -0.262. The van der Waals surface area contributed by atoms with Crippen LogP contribution in [0.2, 0.25) is 0 Å². The van der Waals surface area contributed by atoms with Crippen LogP contribution in [0.25, 0.3) is 0 Å². The number of hydrogen-bond donors (Lipinski definition) is 3. The van der Waals surface area contributed by atoms with E-state index in [4.69, 9.17) is 10.8 Å². The van der Waals surface area contributed by atoms with Gasteiger partial charge in [-0.3, -0.25) is 4.72 Å². The first-order chi connectivity index (χ1) is 7.28. The minimum atomic E-state index is -3.40. The summed E-state index contributed by atoms with van der Waals surface area (Å²) in [7, 11) is -3.40. The van der Waals surface area contributed by atoms with Crippen LogP contribution in [0, 0.1) is 5.82 Å². The maximum Gasteiger partial charge on any atom is 0.229 e. The highest BCUT2D eigenvalue weighted by atomic mass is 35.5. The van der Waals surface area contributed by atoms with Crippen molar-refractivity contribution < 1.29 is 17.9 Å². The molecule has 0 aliphatic heterocycles. The smallest absolute Gasteiger partial charge is 0.229 e. The summed E-state index contributed by atoms with van der Waals surface area (Å²) in [5.41, 5.74) is 5.51. The first kappa shape index (κ1) is 16.1. The number of hydrogen-bond acceptors (Lipinski definition) is 4. The van der Waals surface area contributed by atoms with Crippen molar-refractivity contribution in [2.24, 2.45) is 5.73 Å². The number of aliphatic hydroxyl groups excluding tert-OH is 1. The van der Waals surface area contributed by atoms with Crippen LogP contribution in [0.3, 0.4) is 0 Å². The molecule has 98 valence electrons. The fourth-order valence-corrected chi connectivity index (χ4v) is 1.79. The summed E-state index contributed by atoms with van der Waals surface area (Å²) in [6.45, 7) is 0. The first-order valence-electron chi connectivity index (χ1n) is 4.48. The van der Waals surface area contributed by atoms with Gasteiger partial charge in [0.25, 0.3) is 0 Å². The molecule has 0 radical (unpaired) electrons. The highest BCUT2D eigenvalue weighted by Crippen LogP contribution is 2.16. The Balaban J connectivity index is 0.00000256. The standard InChI is InChI=1S/C9H13FN2O3S.ClH/c1-16(14,15)12-7-2-3-8(10)6(4-7)5-9(11)13;/h2-4,9,12-13H,5,11H2,1H3;1H/t9-;/m1./s1. The molecule has 8 heteroatoms. The first-order valence-corrected chi connectivity index (χ1v) is 6.37. The van der Waals surface area contributed by atoms with Crippen LogP contribution in [0.15, 0.2) is 18.2 Å². The second-order valence-corrected chi connectivity index (χ2v) is 5.20. The Morgan fingerprint density at radius 2 is 2.12 bits per heavy atom. The lowest BCUT2D eigenvalue weighted by molar-refractivity contribution is 0.181. The quantitative estimate of drug-likeness (QED) is 0.700. The average Bonchev–Trinajstić information content (AvgIpc) is 2.07. The highest BCUT2D eigenvalue weighted by Gasteiger charge is 2.09. The molecule has 5 nitrogen and oxygen atoms in total. The van der Waals surface area contributed by atoms with Crippen LogP contribution in [0.1, 0.15) is 5.56 Å². The molecule has 1 rings (SSSR count). The number of aliphatic hydroxyl groups is 1. The Hall–Kier alpha value is -0.890. The fraction of sp³-hybridized carbons (Fsp3) is 0.333. The maximum atomic E-state index is 13.2. The Morgan fingerprint density at radius 1 is 1.53 bits per heavy atom. The Morgan fingerprint density at radius 3 is 2.59 bits per heavy atom. The van der Waals surface area contributed by atoms with Gasteiger partial charge in [0, 0.05) is 12.1 Å². The van der Waals surface area contributed by atoms with E-state index in [1.54, 1.807) is 0 Å². The molecular weight excluding hydrogens is 271 g/mol. The van der Waals surface area contributed by atoms with Gasteiger partial charge in [-0.05, 0) is 23.8 Å². The summed E-state index contributed by atoms with van der Waals surface area (Å²) in [5.74, 6) is -0.538. The third-order valence-corrected chi connectivity index (χ3v) is 2.38. The molecular formula is C9H14ClFN2O3S. The number of nitrogens with two attached hydrogens (primary N) is 1. The van der Waals surface area contributed by atoms with Crippen molar-refractivity contribution in [2.45, 2.75) is 12.6 Å². The summed E-state index contributed by atoms with van der Waals surface area (Å²) in [4.78, 5) is 0. The largest absolute Gasteiger partial charge is 0.378 e. The zero-order chi connectivity index (χ0) is 12.3. The summed E-state index contributed by atoms with van der Waals surface area (Å²) in [5, 5.41) is 8.93. The second kappa shape index (κ2) is 6.15. The molecule has 0 bridgehead atoms. The molecule has 1 aromatic carbocycles. The molecule has 0 amide bonds. The van der Waals surface area contributed by atoms with Crippen molar-refractivity contribution in [3.63, 3.8) is 0 Å². The molecule has 1 aromatic rings. The zero-order valence-corrected chi connectivity index (χ0v) is 10.7. The number of sulfonamides is 1. The van der Waals surface area contributed by atoms with E-state index in [2.05, 4.69) is 4.72 Å². The van der Waals surface area contributed by atoms with E-state index in [0.29, 0.717) is 0 Å². The van der Waals surface area contributed by atoms with E-state index >= 15 is 0 Å². The molecule has 0 aliphatic carbocycles. The predicted molar refractivity (Wildman–Crippen MR) is 66.0 cm³/mol. The van der Waals surface area contributed by atoms with Crippen LogP contribution in [-0.4, -0.2) is 26.0 Å². The Kier molecular flexibility index (Phi) is 5.83. The topological polar surface area (TPSA) is 92.4 Å². The fourth-order valence-electron chi connectivity index (χ4n) is 1.23. The molecule has 0 spiro atoms. The molecule has 0 saturated heterocycles. The number of benzene rings is 1. The van der Waals surface area contributed by atoms with Crippen LogP contribution in [0.4, 0.5) is 10.1 Å². The lowest BCUT2D eigenvalue weighted by Gasteiger charge is -2.09. The molecule has 0 aliphatic rings. The van der Waals surface area contributed by atoms with Gasteiger partial charge in [0.2, 0.25) is 10.0 Å². The predicted octanol–water partition coefficient (Wildman–Crippen LogP) is 0.439. The van der Waals surface area contributed by atoms with Gasteiger partial charge in [-0.25, -0.2) is 12.8 Å². The second-order valence-electron chi connectivity index (χ2n) is 3.45. The molecule has 4 N–H and O–H groups in total. The Labute approximate surface area is 105 Å². The van der Waals surface area contributed by atoms with Crippen molar-refractivity contribution >= 4 is 28.1 Å². The van der Waals surface area contributed by atoms with Gasteiger partial charge in [-0.15, -0.1) is 12.4 Å². The van der Waals surface area contributed by atoms with Crippen LogP contribution < -0.4 is 10.5 Å². The molecule has 17 heavy (non-hydrogen) atoms. The highest BCUT2D eigenvalue weighted by molar-refractivity contribution is 7.92. The van der Waals surface area contributed by atoms with E-state index in [1.807, 2.05) is 0 Å². The average molecular weight is 285 g/mol. The third-order valence-electron chi connectivity index (χ3n) is 1.78. The Bertz CT molecular complexity index is 479. The summed E-state index contributed by atoms with van der Waals surface area (Å²) >= 11 is 0. The zero-order valence-electron chi connectivity index (χ0n) is 9.05. The molecule has 0 fully saturated rings. The van der Waals surface area contributed by atoms with Crippen molar-refractivity contribution in [3.05, 3.63) is 29.6 Å². The third kappa shape index (κ3) is 5.83. The van der Waals surface area contributed by atoms with E-state index in [0.717, 1.165) is 12.3 Å². The number of halogens is 2. The van der Waals surface area contributed by atoms with E-state index in [9.17, 15) is 12.8 Å². The molecule has 0 aromatic heterocycles. The summed E-state index contributed by atoms with van der Waals surface area (Å²) in [6, 6.07) is 3.71. The lowest BCUT2D eigenvalue weighted by Crippen LogP contribution is -2.22. The van der Waals surface area contributed by atoms with Gasteiger partial charge in [-0.2, -0.15) is 0 Å². The van der Waals surface area contributed by atoms with Crippen LogP contribution in [0.5, 0.6) is 0 Å². The van der Waals surface area contributed by atoms with Gasteiger partial charge in [0.15, 0.2) is 0 Å². The number of rotatable bonds is 4. The number of anilines is 1. The van der Waals surface area contributed by atoms with Crippen LogP contribution in [-0.2, 0) is 16.4 Å². The van der Waals surface area contributed by atoms with E-state index in [-0.39, 0.29) is 30.1 Å². The van der Waals surface area contributed by atoms with Crippen molar-refractivity contribution in [2.75, 3.05) is 11.0 Å². The van der Waals surface area contributed by atoms with Crippen LogP contribution >= 0.6 is 12.4 Å². The van der Waals surface area contributed by atoms with E-state index in [1.165, 1.54) is 12.1 Å². The van der Waals surface area contributed by atoms with Crippen molar-refractivity contribution in [1.29, 1.82) is 0 Å². The molecule has 1 atom stereocenters. The van der Waals surface area contributed by atoms with E-state index < -0.39 is 22.1 Å². The monoisotopic (exact) mass is 284 g/mol. The number of nitrogens with one attached hydrogen (secondary N) is 1. The lowest BCUT2D eigenvalue weighted by atomic mass is 10.1. The molecule has 0 saturated carbocycles. The van der Waals surface area contributed by atoms with Crippen molar-refractivity contribution in [3.8, 4) is 0 Å². The summed E-state index contributed by atoms with van der Waals surface area (Å²) < 4.78 is 37.3. The van der Waals surface area contributed by atoms with Gasteiger partial charge in [-0.1, -0.05) is 0 Å². The normalized spacial score (nSPS) is 12.7. The SMILES string of the molecule is CS(=O)(=O)Nc1ccc(F)c(C[C@H](N)O)c1.Cl. The minimum Gasteiger partial charge on any atom is -0.378 e. The molecule has 0 heterocycles. The molecule has 0 unspecified atom stereocenters. The van der Waals surface area contributed by atoms with Crippen molar-refractivity contribution in [1.82, 2.24) is 0 Å². The minimum absolute atomic E-state index is 0. The van der Waals surface area contributed by atoms with Gasteiger partial charge in [0.1, 0.15) is 12.0 Å². The van der Waals surface area contributed by atoms with Gasteiger partial charge >= 0.3 is 0 Å². The van der Waals surface area contributed by atoms with Gasteiger partial charge in [0.05, 0.1) is 6.26 Å². The maximum absolute atomic E-state index is 13.2.